The van der Waals surface area contributed by atoms with Gasteiger partial charge in [-0.1, -0.05) is 24.3 Å². The van der Waals surface area contributed by atoms with Gasteiger partial charge in [0.15, 0.2) is 0 Å². The Morgan fingerprint density at radius 1 is 0.731 bits per heavy atom. The van der Waals surface area contributed by atoms with Crippen molar-refractivity contribution in [2.24, 2.45) is 5.41 Å². The molecule has 0 saturated carbocycles. The first kappa shape index (κ1) is 33.2. The Morgan fingerprint density at radius 2 is 0.962 bits per heavy atom. The number of allylic oxidation sites excluding steroid dienone is 6. The molecule has 1 aliphatic carbocycles. The maximum absolute atomic E-state index is 3.66. The molecule has 0 radical (unpaired) electrons. The third-order valence-corrected chi connectivity index (χ3v) is 5.35. The normalized spacial score (nSPS) is 13.8. The van der Waals surface area contributed by atoms with Gasteiger partial charge < -0.3 is 16.0 Å². The first-order chi connectivity index (χ1) is 11.8. The molecule has 26 heavy (non-hydrogen) atoms. The van der Waals surface area contributed by atoms with Crippen LogP contribution >= 0.6 is 0 Å². The van der Waals surface area contributed by atoms with E-state index in [0.717, 1.165) is 11.1 Å². The van der Waals surface area contributed by atoms with Gasteiger partial charge in [-0.15, -0.1) is 0 Å². The fourth-order valence-corrected chi connectivity index (χ4v) is 2.18. The van der Waals surface area contributed by atoms with Gasteiger partial charge in [0.25, 0.3) is 0 Å². The molecule has 0 N–H and O–H groups in total. The van der Waals surface area contributed by atoms with E-state index in [4.69, 9.17) is 0 Å². The molecule has 0 heterocycles. The third kappa shape index (κ3) is 15.8. The van der Waals surface area contributed by atoms with Gasteiger partial charge in [-0.2, -0.15) is 42.3 Å². The zero-order valence-corrected chi connectivity index (χ0v) is 21.3. The summed E-state index contributed by atoms with van der Waals surface area (Å²) in [5.74, 6) is 0. The Bertz CT molecular complexity index is 415. The monoisotopic (exact) mass is 397 g/mol. The Balaban J connectivity index is -0.000000137. The molecular formula is C22H43N3Ti. The summed E-state index contributed by atoms with van der Waals surface area (Å²) < 4.78 is 1.53. The van der Waals surface area contributed by atoms with Crippen LogP contribution in [-0.2, 0) is 20.4 Å². The van der Waals surface area contributed by atoms with Gasteiger partial charge in [-0.3, -0.25) is 0 Å². The molecule has 1 rings (SSSR count). The number of hydrogen-bond donors (Lipinski definition) is 0. The van der Waals surface area contributed by atoms with Crippen molar-refractivity contribution >= 4 is 0 Å². The fourth-order valence-electron chi connectivity index (χ4n) is 1.59. The molecule has 1 aliphatic rings. The molecule has 0 aromatic carbocycles. The van der Waals surface area contributed by atoms with Crippen LogP contribution in [0, 0.1) is 5.41 Å². The Labute approximate surface area is 177 Å². The number of rotatable bonds is 1. The smallest absolute Gasteiger partial charge is 0.162 e. The predicted octanol–water partition coefficient (Wildman–Crippen LogP) is 7.18. The Hall–Kier alpha value is -0.446. The molecule has 0 aromatic heterocycles. The van der Waals surface area contributed by atoms with Gasteiger partial charge in [0.05, 0.1) is 0 Å². The van der Waals surface area contributed by atoms with Crippen molar-refractivity contribution in [1.82, 2.24) is 0 Å². The maximum Gasteiger partial charge on any atom is -0.162 e. The van der Waals surface area contributed by atoms with E-state index in [1.165, 1.54) is 20.6 Å². The number of nitrogens with zero attached hydrogens (tertiary/aromatic N) is 3. The minimum atomic E-state index is 0.314. The van der Waals surface area contributed by atoms with Crippen molar-refractivity contribution in [3.05, 3.63) is 60.9 Å². The van der Waals surface area contributed by atoms with E-state index in [1.54, 1.807) is 42.3 Å². The molecule has 0 bridgehead atoms. The average Bonchev–Trinajstić information content (AvgIpc) is 2.66. The standard InChI is InChI=1S/C10H15.C6H10.3C2H6N.Ti/c1-7-6-10(4,5)9(3)8(7)2;1-5(2)6(3)4;3*1-3-2;/h1-5H3;1,3H2,2,4H3;3*1-2H3;/q;;3*-1;+3. The SMILES string of the molecule is C=C(C)C(=C)C.CC1=C(C)C(C)(C)[C]([Ti+3])=C1C.C[N-]C.C[N-]C.C[N-]C. The summed E-state index contributed by atoms with van der Waals surface area (Å²) in [4.78, 5) is 0. The predicted molar refractivity (Wildman–Crippen MR) is 120 cm³/mol. The zero-order valence-electron chi connectivity index (χ0n) is 19.8. The molecule has 0 atom stereocenters. The van der Waals surface area contributed by atoms with E-state index in [2.05, 4.69) is 84.2 Å². The second-order valence-corrected chi connectivity index (χ2v) is 7.56. The first-order valence-electron chi connectivity index (χ1n) is 8.64. The Kier molecular flexibility index (Phi) is 24.6. The summed E-state index contributed by atoms with van der Waals surface area (Å²) in [7, 11) is 10.5. The first-order valence-corrected chi connectivity index (χ1v) is 9.42. The topological polar surface area (TPSA) is 42.3 Å². The summed E-state index contributed by atoms with van der Waals surface area (Å²) in [5.41, 5.74) is 6.96. The van der Waals surface area contributed by atoms with Crippen LogP contribution in [0.2, 0.25) is 0 Å². The van der Waals surface area contributed by atoms with E-state index in [-0.39, 0.29) is 0 Å². The molecule has 150 valence electrons. The van der Waals surface area contributed by atoms with E-state index < -0.39 is 0 Å². The summed E-state index contributed by atoms with van der Waals surface area (Å²) in [5, 5.41) is 10.5. The van der Waals surface area contributed by atoms with Crippen LogP contribution in [0.15, 0.2) is 44.9 Å². The molecule has 0 amide bonds. The van der Waals surface area contributed by atoms with Crippen LogP contribution < -0.4 is 0 Å². The van der Waals surface area contributed by atoms with Crippen LogP contribution in [0.3, 0.4) is 0 Å². The van der Waals surface area contributed by atoms with Gasteiger partial charge >= 0.3 is 81.1 Å². The van der Waals surface area contributed by atoms with Gasteiger partial charge in [0, 0.05) is 0 Å². The molecule has 0 aromatic rings. The fraction of sp³-hybridized carbons (Fsp3) is 0.636. The molecule has 0 fully saturated rings. The van der Waals surface area contributed by atoms with Crippen LogP contribution in [0.4, 0.5) is 0 Å². The summed E-state index contributed by atoms with van der Waals surface area (Å²) in [6.45, 7) is 22.5. The van der Waals surface area contributed by atoms with Crippen LogP contribution in [-0.4, -0.2) is 42.3 Å². The molecule has 0 aliphatic heterocycles. The van der Waals surface area contributed by atoms with Gasteiger partial charge in [-0.05, 0) is 13.8 Å². The average molecular weight is 397 g/mol. The van der Waals surface area contributed by atoms with Gasteiger partial charge in [0.1, 0.15) is 0 Å². The van der Waals surface area contributed by atoms with Crippen molar-refractivity contribution in [3.8, 4) is 0 Å². The van der Waals surface area contributed by atoms with E-state index in [1.807, 2.05) is 13.8 Å². The maximum atomic E-state index is 3.66. The van der Waals surface area contributed by atoms with E-state index >= 15 is 0 Å². The third-order valence-electron chi connectivity index (χ3n) is 3.79. The second-order valence-electron chi connectivity index (χ2n) is 6.78. The van der Waals surface area contributed by atoms with Crippen molar-refractivity contribution in [3.63, 3.8) is 0 Å². The van der Waals surface area contributed by atoms with Gasteiger partial charge in [-0.25, -0.2) is 0 Å². The van der Waals surface area contributed by atoms with Crippen molar-refractivity contribution in [2.45, 2.75) is 48.5 Å². The largest absolute Gasteiger partial charge is 0.668 e. The minimum absolute atomic E-state index is 0.314. The van der Waals surface area contributed by atoms with Crippen molar-refractivity contribution < 1.29 is 20.4 Å². The van der Waals surface area contributed by atoms with Crippen molar-refractivity contribution in [1.29, 1.82) is 0 Å². The molecular weight excluding hydrogens is 354 g/mol. The quantitative estimate of drug-likeness (QED) is 0.332. The zero-order chi connectivity index (χ0) is 22.1. The minimum Gasteiger partial charge on any atom is -0.668 e. The van der Waals surface area contributed by atoms with Crippen LogP contribution in [0.5, 0.6) is 0 Å². The summed E-state index contributed by atoms with van der Waals surface area (Å²) >= 11 is 2.25. The Morgan fingerprint density at radius 3 is 1.00 bits per heavy atom. The summed E-state index contributed by atoms with van der Waals surface area (Å²) in [6.07, 6.45) is 0. The van der Waals surface area contributed by atoms with E-state index in [0.29, 0.717) is 5.41 Å². The molecule has 3 nitrogen and oxygen atoms in total. The van der Waals surface area contributed by atoms with Crippen LogP contribution in [0.1, 0.15) is 48.5 Å². The molecule has 0 spiro atoms. The van der Waals surface area contributed by atoms with Crippen LogP contribution in [0.25, 0.3) is 16.0 Å². The molecule has 0 saturated heterocycles. The molecule has 0 unspecified atom stereocenters. The van der Waals surface area contributed by atoms with Crippen molar-refractivity contribution in [2.75, 3.05) is 42.3 Å². The molecule has 4 heteroatoms. The number of hydrogen-bond acceptors (Lipinski definition) is 0. The van der Waals surface area contributed by atoms with Gasteiger partial charge in [0.2, 0.25) is 0 Å². The van der Waals surface area contributed by atoms with E-state index in [9.17, 15) is 0 Å². The second kappa shape index (κ2) is 19.3. The summed E-state index contributed by atoms with van der Waals surface area (Å²) in [6, 6.07) is 0.